The van der Waals surface area contributed by atoms with Crippen molar-refractivity contribution in [2.45, 2.75) is 42.8 Å². The zero-order chi connectivity index (χ0) is 12.3. The van der Waals surface area contributed by atoms with Crippen molar-refractivity contribution in [1.29, 1.82) is 0 Å². The third-order valence-electron chi connectivity index (χ3n) is 3.52. The Bertz CT molecular complexity index is 380. The molecule has 2 unspecified atom stereocenters. The second-order valence-corrected chi connectivity index (χ2v) is 5.82. The molecule has 1 fully saturated rings. The molecule has 1 aromatic carbocycles. The summed E-state index contributed by atoms with van der Waals surface area (Å²) in [6.07, 6.45) is 6.01. The van der Waals surface area contributed by atoms with Gasteiger partial charge in [-0.25, -0.2) is 4.39 Å². The van der Waals surface area contributed by atoms with E-state index in [4.69, 9.17) is 4.74 Å². The minimum absolute atomic E-state index is 0.176. The number of benzene rings is 1. The summed E-state index contributed by atoms with van der Waals surface area (Å²) >= 11 is 3.75. The van der Waals surface area contributed by atoms with Gasteiger partial charge < -0.3 is 4.74 Å². The Hall–Kier alpha value is -0.570. The van der Waals surface area contributed by atoms with Crippen molar-refractivity contribution in [2.75, 3.05) is 7.11 Å². The van der Waals surface area contributed by atoms with Gasteiger partial charge in [-0.1, -0.05) is 35.2 Å². The van der Waals surface area contributed by atoms with Crippen LogP contribution in [0.1, 0.15) is 43.6 Å². The fourth-order valence-electron chi connectivity index (χ4n) is 2.61. The number of alkyl halides is 1. The fraction of sp³-hybridized carbons (Fsp3) is 0.571. The van der Waals surface area contributed by atoms with Gasteiger partial charge in [0.1, 0.15) is 11.6 Å². The zero-order valence-electron chi connectivity index (χ0n) is 10.1. The van der Waals surface area contributed by atoms with Gasteiger partial charge in [-0.3, -0.25) is 0 Å². The number of hydrogen-bond acceptors (Lipinski definition) is 1. The van der Waals surface area contributed by atoms with E-state index in [2.05, 4.69) is 15.9 Å². The number of rotatable bonds is 2. The molecular formula is C14H18BrFO. The van der Waals surface area contributed by atoms with Crippen molar-refractivity contribution in [3.8, 4) is 5.75 Å². The van der Waals surface area contributed by atoms with E-state index in [-0.39, 0.29) is 5.82 Å². The predicted molar refractivity (Wildman–Crippen MR) is 71.5 cm³/mol. The smallest absolute Gasteiger partial charge is 0.123 e. The SMILES string of the molecule is COc1ccc(F)cc1C1CCCCCC1Br. The second-order valence-electron chi connectivity index (χ2n) is 4.65. The first-order valence-electron chi connectivity index (χ1n) is 6.20. The summed E-state index contributed by atoms with van der Waals surface area (Å²) < 4.78 is 18.8. The number of halogens is 2. The molecule has 0 N–H and O–H groups in total. The lowest BCUT2D eigenvalue weighted by atomic mass is 9.91. The van der Waals surface area contributed by atoms with Gasteiger partial charge in [0, 0.05) is 16.3 Å². The molecule has 0 aromatic heterocycles. The molecule has 2 rings (SSSR count). The van der Waals surface area contributed by atoms with Crippen LogP contribution in [0, 0.1) is 5.82 Å². The molecule has 0 saturated heterocycles. The second kappa shape index (κ2) is 5.85. The summed E-state index contributed by atoms with van der Waals surface area (Å²) in [6.45, 7) is 0. The maximum Gasteiger partial charge on any atom is 0.123 e. The average Bonchev–Trinajstić information content (AvgIpc) is 2.54. The molecule has 0 amide bonds. The Morgan fingerprint density at radius 1 is 1.24 bits per heavy atom. The molecule has 3 heteroatoms. The van der Waals surface area contributed by atoms with Crippen LogP contribution in [0.3, 0.4) is 0 Å². The lowest BCUT2D eigenvalue weighted by molar-refractivity contribution is 0.401. The molecule has 2 atom stereocenters. The van der Waals surface area contributed by atoms with E-state index in [9.17, 15) is 4.39 Å². The molecule has 1 aliphatic carbocycles. The maximum atomic E-state index is 13.4. The van der Waals surface area contributed by atoms with Crippen LogP contribution in [0.15, 0.2) is 18.2 Å². The standard InChI is InChI=1S/C14H18BrFO/c1-17-14-8-7-10(16)9-12(14)11-5-3-2-4-6-13(11)15/h7-9,11,13H,2-6H2,1H3. The summed E-state index contributed by atoms with van der Waals surface area (Å²) in [5.74, 6) is 0.996. The van der Waals surface area contributed by atoms with Crippen molar-refractivity contribution < 1.29 is 9.13 Å². The Morgan fingerprint density at radius 3 is 2.76 bits per heavy atom. The van der Waals surface area contributed by atoms with Crippen molar-refractivity contribution in [3.63, 3.8) is 0 Å². The van der Waals surface area contributed by atoms with Crippen molar-refractivity contribution in [1.82, 2.24) is 0 Å². The first kappa shape index (κ1) is 12.9. The number of ether oxygens (including phenoxy) is 1. The summed E-state index contributed by atoms with van der Waals surface area (Å²) in [4.78, 5) is 0.431. The van der Waals surface area contributed by atoms with Gasteiger partial charge in [-0.2, -0.15) is 0 Å². The topological polar surface area (TPSA) is 9.23 Å². The average molecular weight is 301 g/mol. The molecule has 1 aromatic rings. The van der Waals surface area contributed by atoms with Gasteiger partial charge in [0.25, 0.3) is 0 Å². The predicted octanol–water partition coefficient (Wildman–Crippen LogP) is 4.65. The quantitative estimate of drug-likeness (QED) is 0.571. The van der Waals surface area contributed by atoms with E-state index in [0.29, 0.717) is 10.7 Å². The Balaban J connectivity index is 2.32. The van der Waals surface area contributed by atoms with E-state index < -0.39 is 0 Å². The molecule has 0 bridgehead atoms. The highest BCUT2D eigenvalue weighted by Crippen LogP contribution is 2.40. The highest BCUT2D eigenvalue weighted by molar-refractivity contribution is 9.09. The lowest BCUT2D eigenvalue weighted by Gasteiger charge is -2.22. The molecule has 17 heavy (non-hydrogen) atoms. The first-order valence-corrected chi connectivity index (χ1v) is 7.11. The van der Waals surface area contributed by atoms with Gasteiger partial charge in [0.2, 0.25) is 0 Å². The van der Waals surface area contributed by atoms with E-state index in [1.54, 1.807) is 19.2 Å². The molecule has 1 aliphatic rings. The van der Waals surface area contributed by atoms with Crippen LogP contribution in [0.4, 0.5) is 4.39 Å². The van der Waals surface area contributed by atoms with Crippen LogP contribution in [0.2, 0.25) is 0 Å². The Morgan fingerprint density at radius 2 is 2.00 bits per heavy atom. The molecule has 94 valence electrons. The molecule has 1 saturated carbocycles. The Kier molecular flexibility index (Phi) is 4.43. The highest BCUT2D eigenvalue weighted by Gasteiger charge is 2.25. The van der Waals surface area contributed by atoms with Gasteiger partial charge in [-0.15, -0.1) is 0 Å². The van der Waals surface area contributed by atoms with Crippen LogP contribution in [-0.2, 0) is 0 Å². The van der Waals surface area contributed by atoms with Crippen molar-refractivity contribution in [3.05, 3.63) is 29.6 Å². The van der Waals surface area contributed by atoms with Crippen molar-refractivity contribution >= 4 is 15.9 Å². The summed E-state index contributed by atoms with van der Waals surface area (Å²) in [5, 5.41) is 0. The largest absolute Gasteiger partial charge is 0.496 e. The lowest BCUT2D eigenvalue weighted by Crippen LogP contribution is -2.12. The van der Waals surface area contributed by atoms with Crippen LogP contribution in [0.5, 0.6) is 5.75 Å². The normalized spacial score (nSPS) is 25.4. The Labute approximate surface area is 110 Å². The van der Waals surface area contributed by atoms with E-state index in [1.165, 1.54) is 25.3 Å². The molecule has 0 aliphatic heterocycles. The van der Waals surface area contributed by atoms with Gasteiger partial charge in [0.05, 0.1) is 7.11 Å². The van der Waals surface area contributed by atoms with E-state index in [1.807, 2.05) is 0 Å². The van der Waals surface area contributed by atoms with Gasteiger partial charge in [-0.05, 0) is 31.0 Å². The minimum atomic E-state index is -0.176. The summed E-state index contributed by atoms with van der Waals surface area (Å²) in [7, 11) is 1.65. The number of methoxy groups -OCH3 is 1. The molecule has 0 radical (unpaired) electrons. The third-order valence-corrected chi connectivity index (χ3v) is 4.62. The van der Waals surface area contributed by atoms with Gasteiger partial charge >= 0.3 is 0 Å². The highest BCUT2D eigenvalue weighted by atomic mass is 79.9. The fourth-order valence-corrected chi connectivity index (χ4v) is 3.48. The monoisotopic (exact) mass is 300 g/mol. The summed E-state index contributed by atoms with van der Waals surface area (Å²) in [6, 6.07) is 4.82. The van der Waals surface area contributed by atoms with Crippen LogP contribution in [-0.4, -0.2) is 11.9 Å². The number of hydrogen-bond donors (Lipinski definition) is 0. The van der Waals surface area contributed by atoms with Crippen LogP contribution in [0.25, 0.3) is 0 Å². The third kappa shape index (κ3) is 3.01. The van der Waals surface area contributed by atoms with Crippen LogP contribution < -0.4 is 4.74 Å². The molecule has 0 heterocycles. The first-order chi connectivity index (χ1) is 8.22. The molecule has 1 nitrogen and oxygen atoms in total. The maximum absolute atomic E-state index is 13.4. The molecule has 0 spiro atoms. The van der Waals surface area contributed by atoms with Crippen LogP contribution >= 0.6 is 15.9 Å². The van der Waals surface area contributed by atoms with Gasteiger partial charge in [0.15, 0.2) is 0 Å². The van der Waals surface area contributed by atoms with E-state index in [0.717, 1.165) is 24.2 Å². The zero-order valence-corrected chi connectivity index (χ0v) is 11.7. The summed E-state index contributed by atoms with van der Waals surface area (Å²) in [5.41, 5.74) is 1.01. The van der Waals surface area contributed by atoms with Crippen molar-refractivity contribution in [2.24, 2.45) is 0 Å². The van der Waals surface area contributed by atoms with E-state index >= 15 is 0 Å². The molecular weight excluding hydrogens is 283 g/mol. The minimum Gasteiger partial charge on any atom is -0.496 e.